The molecule has 5 nitrogen and oxygen atoms in total. The quantitative estimate of drug-likeness (QED) is 0.432. The van der Waals surface area contributed by atoms with E-state index >= 15 is 0 Å². The number of rotatable bonds is 1. The molecule has 12 heavy (non-hydrogen) atoms. The Kier molecular flexibility index (Phi) is 2.08. The summed E-state index contributed by atoms with van der Waals surface area (Å²) in [5, 5.41) is 18.8. The molecule has 0 spiro atoms. The maximum absolute atomic E-state index is 11.0. The Balaban J connectivity index is 2.95. The van der Waals surface area contributed by atoms with E-state index < -0.39 is 5.91 Å². The Morgan fingerprint density at radius 2 is 2.42 bits per heavy atom. The van der Waals surface area contributed by atoms with Crippen molar-refractivity contribution in [2.24, 2.45) is 0 Å². The van der Waals surface area contributed by atoms with Gasteiger partial charge in [0.05, 0.1) is 6.54 Å². The molecule has 0 aromatic heterocycles. The largest absolute Gasteiger partial charge is 0.509 e. The zero-order valence-electron chi connectivity index (χ0n) is 6.59. The van der Waals surface area contributed by atoms with E-state index in [1.54, 1.807) is 0 Å². The van der Waals surface area contributed by atoms with E-state index in [1.807, 2.05) is 0 Å². The Hall–Kier alpha value is -1.46. The summed E-state index contributed by atoms with van der Waals surface area (Å²) in [6, 6.07) is 0. The van der Waals surface area contributed by atoms with Gasteiger partial charge in [-0.2, -0.15) is 0 Å². The highest BCUT2D eigenvalue weighted by atomic mass is 16.3. The van der Waals surface area contributed by atoms with Gasteiger partial charge in [-0.1, -0.05) is 0 Å². The van der Waals surface area contributed by atoms with Gasteiger partial charge in [-0.25, -0.2) is 0 Å². The number of aliphatic hydroxyl groups excluding tert-OH is 1. The smallest absolute Gasteiger partial charge is 0.258 e. The molecule has 0 saturated carbocycles. The van der Waals surface area contributed by atoms with Crippen LogP contribution in [0.2, 0.25) is 0 Å². The highest BCUT2D eigenvalue weighted by molar-refractivity contribution is 6.29. The minimum absolute atomic E-state index is 0.0155. The fraction of sp³-hybridized carbons (Fsp3) is 0.333. The van der Waals surface area contributed by atoms with Gasteiger partial charge in [-0.3, -0.25) is 10.2 Å². The average molecular weight is 165 g/mol. The van der Waals surface area contributed by atoms with Crippen LogP contribution in [0.1, 0.15) is 0 Å². The molecular weight excluding hydrogens is 157 g/mol. The van der Waals surface area contributed by atoms with Crippen molar-refractivity contribution in [3.05, 3.63) is 11.3 Å². The fourth-order valence-electron chi connectivity index (χ4n) is 0.963. The summed E-state index contributed by atoms with van der Waals surface area (Å²) in [6.07, 6.45) is 0. The summed E-state index contributed by atoms with van der Waals surface area (Å²) in [4.78, 5) is 12.0. The SMILES string of the molecule is [B]N1CC(O)=C(C(=O)NC)C1=N. The van der Waals surface area contributed by atoms with Crippen LogP contribution in [0.4, 0.5) is 0 Å². The number of hydrogen-bond acceptors (Lipinski definition) is 3. The molecule has 0 atom stereocenters. The monoisotopic (exact) mass is 165 g/mol. The lowest BCUT2D eigenvalue weighted by molar-refractivity contribution is -0.116. The molecular formula is C6H8BN3O2. The predicted molar refractivity (Wildman–Crippen MR) is 43.9 cm³/mol. The number of aliphatic hydroxyl groups is 1. The third-order valence-electron chi connectivity index (χ3n) is 1.59. The second-order valence-corrected chi connectivity index (χ2v) is 2.38. The topological polar surface area (TPSA) is 76.4 Å². The van der Waals surface area contributed by atoms with Crippen LogP contribution in [0, 0.1) is 5.41 Å². The van der Waals surface area contributed by atoms with Crippen molar-refractivity contribution in [1.82, 2.24) is 10.1 Å². The van der Waals surface area contributed by atoms with Crippen molar-refractivity contribution in [2.75, 3.05) is 13.6 Å². The van der Waals surface area contributed by atoms with E-state index in [0.29, 0.717) is 0 Å². The molecule has 0 aliphatic carbocycles. The lowest BCUT2D eigenvalue weighted by Crippen LogP contribution is -2.29. The number of carbonyl (C=O) groups excluding carboxylic acids is 1. The molecule has 6 heteroatoms. The third-order valence-corrected chi connectivity index (χ3v) is 1.59. The molecule has 0 unspecified atom stereocenters. The Morgan fingerprint density at radius 3 is 2.75 bits per heavy atom. The molecule has 0 aromatic carbocycles. The van der Waals surface area contributed by atoms with Gasteiger partial charge in [-0.15, -0.1) is 0 Å². The van der Waals surface area contributed by atoms with Crippen molar-refractivity contribution < 1.29 is 9.90 Å². The van der Waals surface area contributed by atoms with Gasteiger partial charge in [0.1, 0.15) is 17.2 Å². The number of nitrogens with one attached hydrogen (secondary N) is 2. The van der Waals surface area contributed by atoms with Gasteiger partial charge in [0, 0.05) is 7.05 Å². The van der Waals surface area contributed by atoms with Crippen molar-refractivity contribution in [1.29, 1.82) is 5.41 Å². The van der Waals surface area contributed by atoms with Crippen LogP contribution in [-0.4, -0.2) is 43.2 Å². The van der Waals surface area contributed by atoms with Crippen LogP contribution in [0.25, 0.3) is 0 Å². The summed E-state index contributed by atoms with van der Waals surface area (Å²) in [5.41, 5.74) is -0.0556. The van der Waals surface area contributed by atoms with Gasteiger partial charge in [0.15, 0.2) is 0 Å². The average Bonchev–Trinajstić information content (AvgIpc) is 2.26. The van der Waals surface area contributed by atoms with E-state index in [-0.39, 0.29) is 23.7 Å². The molecule has 1 amide bonds. The van der Waals surface area contributed by atoms with Gasteiger partial charge < -0.3 is 15.2 Å². The lowest BCUT2D eigenvalue weighted by atomic mass is 10.2. The Labute approximate surface area is 71.0 Å². The molecule has 1 rings (SSSR count). The summed E-state index contributed by atoms with van der Waals surface area (Å²) < 4.78 is 0. The number of carbonyl (C=O) groups is 1. The molecule has 3 N–H and O–H groups in total. The van der Waals surface area contributed by atoms with Crippen LogP contribution in [-0.2, 0) is 4.79 Å². The minimum atomic E-state index is -0.495. The first-order chi connectivity index (χ1) is 5.57. The summed E-state index contributed by atoms with van der Waals surface area (Å²) in [5.74, 6) is -0.820. The van der Waals surface area contributed by atoms with Crippen LogP contribution in [0.3, 0.4) is 0 Å². The van der Waals surface area contributed by atoms with Gasteiger partial charge in [0.2, 0.25) is 7.98 Å². The number of amides is 1. The van der Waals surface area contributed by atoms with Crippen molar-refractivity contribution in [3.63, 3.8) is 0 Å². The number of amidine groups is 1. The van der Waals surface area contributed by atoms with E-state index in [1.165, 1.54) is 7.05 Å². The molecule has 0 saturated heterocycles. The maximum Gasteiger partial charge on any atom is 0.258 e. The van der Waals surface area contributed by atoms with Crippen LogP contribution in [0.5, 0.6) is 0 Å². The highest BCUT2D eigenvalue weighted by Crippen LogP contribution is 2.14. The predicted octanol–water partition coefficient (Wildman–Crippen LogP) is -1.08. The van der Waals surface area contributed by atoms with E-state index in [0.717, 1.165) is 4.81 Å². The van der Waals surface area contributed by atoms with E-state index in [9.17, 15) is 9.90 Å². The first-order valence-corrected chi connectivity index (χ1v) is 3.33. The Morgan fingerprint density at radius 1 is 1.83 bits per heavy atom. The molecule has 0 fully saturated rings. The standard InChI is InChI=1S/C6H8BN3O2/c1-9-6(12)4-3(11)2-10(7)5(4)8/h8,11H,2H2,1H3,(H,9,12). The van der Waals surface area contributed by atoms with Gasteiger partial charge >= 0.3 is 0 Å². The summed E-state index contributed by atoms with van der Waals surface area (Å²) >= 11 is 0. The molecule has 62 valence electrons. The van der Waals surface area contributed by atoms with Crippen LogP contribution >= 0.6 is 0 Å². The van der Waals surface area contributed by atoms with Crippen molar-refractivity contribution >= 4 is 19.7 Å². The molecule has 1 aliphatic rings. The molecule has 2 radical (unpaired) electrons. The molecule has 0 bridgehead atoms. The second-order valence-electron chi connectivity index (χ2n) is 2.38. The summed E-state index contributed by atoms with van der Waals surface area (Å²) in [7, 11) is 6.70. The van der Waals surface area contributed by atoms with Crippen LogP contribution in [0.15, 0.2) is 11.3 Å². The Bertz CT molecular complexity index is 274. The van der Waals surface area contributed by atoms with Gasteiger partial charge in [0.25, 0.3) is 5.91 Å². The van der Waals surface area contributed by atoms with E-state index in [2.05, 4.69) is 5.32 Å². The highest BCUT2D eigenvalue weighted by Gasteiger charge is 2.28. The molecule has 1 aliphatic heterocycles. The van der Waals surface area contributed by atoms with Crippen molar-refractivity contribution in [2.45, 2.75) is 0 Å². The number of likely N-dealkylation sites (N-methyl/N-ethyl adjacent to an activating group) is 1. The number of nitrogens with zero attached hydrogens (tertiary/aromatic N) is 1. The van der Waals surface area contributed by atoms with Gasteiger partial charge in [-0.05, 0) is 0 Å². The van der Waals surface area contributed by atoms with Crippen molar-refractivity contribution in [3.8, 4) is 0 Å². The third kappa shape index (κ3) is 1.15. The molecule has 1 heterocycles. The zero-order chi connectivity index (χ0) is 9.30. The normalized spacial score (nSPS) is 17.1. The number of hydrogen-bond donors (Lipinski definition) is 3. The van der Waals surface area contributed by atoms with Crippen LogP contribution < -0.4 is 5.32 Å². The zero-order valence-corrected chi connectivity index (χ0v) is 6.59. The minimum Gasteiger partial charge on any atom is -0.509 e. The lowest BCUT2D eigenvalue weighted by Gasteiger charge is -2.10. The first kappa shape index (κ1) is 8.64. The molecule has 0 aromatic rings. The first-order valence-electron chi connectivity index (χ1n) is 3.33. The fourth-order valence-corrected chi connectivity index (χ4v) is 0.963. The maximum atomic E-state index is 11.0. The van der Waals surface area contributed by atoms with E-state index in [4.69, 9.17) is 13.4 Å². The second kappa shape index (κ2) is 2.88. The summed E-state index contributed by atoms with van der Waals surface area (Å²) in [6.45, 7) is 0.0155.